The number of ketones is 1. The Balaban J connectivity index is 2.36. The van der Waals surface area contributed by atoms with E-state index in [0.717, 1.165) is 18.9 Å². The molecule has 1 atom stereocenters. The molecule has 0 bridgehead atoms. The van der Waals surface area contributed by atoms with Gasteiger partial charge in [-0.3, -0.25) is 4.79 Å². The van der Waals surface area contributed by atoms with Crippen molar-refractivity contribution in [2.75, 3.05) is 20.7 Å². The van der Waals surface area contributed by atoms with Crippen LogP contribution in [0.4, 0.5) is 13.2 Å². The Hall–Kier alpha value is -1.56. The first-order chi connectivity index (χ1) is 14.3. The van der Waals surface area contributed by atoms with Crippen molar-refractivity contribution in [3.05, 3.63) is 29.8 Å². The number of unbranched alkanes of at least 4 members (excludes halogenated alkanes) is 8. The number of benzene rings is 1. The summed E-state index contributed by atoms with van der Waals surface area (Å²) in [5.74, 6) is -1.86. The monoisotopic (exact) mass is 429 g/mol. The molecule has 0 aromatic heterocycles. The number of ether oxygens (including phenoxy) is 1. The standard InChI is InChI=1S/C24H38F3NO2/c1-4-5-6-7-8-9-10-11-12-15-20(28(2)3)18-19-30-22-17-14-13-16-21(22)23(29)24(25,26)27/h13-14,16-17,20H,4-12,15,18-19H2,1-3H3. The van der Waals surface area contributed by atoms with Crippen LogP contribution in [0, 0.1) is 0 Å². The number of hydrogen-bond acceptors (Lipinski definition) is 3. The van der Waals surface area contributed by atoms with Gasteiger partial charge in [0.2, 0.25) is 0 Å². The lowest BCUT2D eigenvalue weighted by Crippen LogP contribution is -2.30. The fourth-order valence-corrected chi connectivity index (χ4v) is 3.59. The number of rotatable bonds is 16. The molecule has 30 heavy (non-hydrogen) atoms. The van der Waals surface area contributed by atoms with Crippen molar-refractivity contribution in [2.24, 2.45) is 0 Å². The van der Waals surface area contributed by atoms with E-state index in [-0.39, 0.29) is 12.4 Å². The zero-order valence-corrected chi connectivity index (χ0v) is 18.8. The van der Waals surface area contributed by atoms with Crippen molar-refractivity contribution in [3.8, 4) is 5.75 Å². The van der Waals surface area contributed by atoms with E-state index in [2.05, 4.69) is 11.8 Å². The Kier molecular flexibility index (Phi) is 12.7. The van der Waals surface area contributed by atoms with E-state index in [1.807, 2.05) is 14.1 Å². The number of alkyl halides is 3. The summed E-state index contributed by atoms with van der Waals surface area (Å²) >= 11 is 0. The molecule has 6 heteroatoms. The summed E-state index contributed by atoms with van der Waals surface area (Å²) in [5.41, 5.74) is -0.426. The number of nitrogens with zero attached hydrogens (tertiary/aromatic N) is 1. The lowest BCUT2D eigenvalue weighted by Gasteiger charge is -2.24. The molecule has 0 saturated carbocycles. The highest BCUT2D eigenvalue weighted by molar-refractivity contribution is 6.02. The van der Waals surface area contributed by atoms with Crippen molar-refractivity contribution in [1.82, 2.24) is 4.90 Å². The number of hydrogen-bond donors (Lipinski definition) is 0. The van der Waals surface area contributed by atoms with E-state index in [4.69, 9.17) is 4.74 Å². The van der Waals surface area contributed by atoms with E-state index in [1.54, 1.807) is 6.07 Å². The Morgan fingerprint density at radius 2 is 1.50 bits per heavy atom. The topological polar surface area (TPSA) is 29.5 Å². The molecule has 0 N–H and O–H groups in total. The van der Waals surface area contributed by atoms with Crippen molar-refractivity contribution in [2.45, 2.75) is 89.8 Å². The maximum Gasteiger partial charge on any atom is 0.455 e. The van der Waals surface area contributed by atoms with Gasteiger partial charge >= 0.3 is 6.18 Å². The molecule has 3 nitrogen and oxygen atoms in total. The Bertz CT molecular complexity index is 602. The Morgan fingerprint density at radius 3 is 2.07 bits per heavy atom. The van der Waals surface area contributed by atoms with Gasteiger partial charge in [-0.25, -0.2) is 0 Å². The molecule has 0 saturated heterocycles. The second-order valence-corrected chi connectivity index (χ2v) is 8.19. The molecule has 172 valence electrons. The highest BCUT2D eigenvalue weighted by atomic mass is 19.4. The summed E-state index contributed by atoms with van der Waals surface area (Å²) in [6.45, 7) is 2.51. The predicted octanol–water partition coefficient (Wildman–Crippen LogP) is 7.05. The van der Waals surface area contributed by atoms with Crippen molar-refractivity contribution >= 4 is 5.78 Å². The SMILES string of the molecule is CCCCCCCCCCCC(CCOc1ccccc1C(=O)C(F)(F)F)N(C)C. The van der Waals surface area contributed by atoms with Gasteiger partial charge in [-0.2, -0.15) is 13.2 Å². The van der Waals surface area contributed by atoms with E-state index in [9.17, 15) is 18.0 Å². The quantitative estimate of drug-likeness (QED) is 0.208. The van der Waals surface area contributed by atoms with Crippen LogP contribution in [0.1, 0.15) is 87.9 Å². The lowest BCUT2D eigenvalue weighted by molar-refractivity contribution is -0.0886. The van der Waals surface area contributed by atoms with Crippen LogP contribution < -0.4 is 4.74 Å². The third-order valence-electron chi connectivity index (χ3n) is 5.47. The second-order valence-electron chi connectivity index (χ2n) is 8.19. The van der Waals surface area contributed by atoms with Gasteiger partial charge in [0.1, 0.15) is 5.75 Å². The first-order valence-electron chi connectivity index (χ1n) is 11.3. The van der Waals surface area contributed by atoms with Gasteiger partial charge in [-0.05, 0) is 39.1 Å². The highest BCUT2D eigenvalue weighted by Crippen LogP contribution is 2.28. The summed E-state index contributed by atoms with van der Waals surface area (Å²) in [6.07, 6.45) is 8.36. The van der Waals surface area contributed by atoms with Crippen LogP contribution in [-0.4, -0.2) is 43.6 Å². The average Bonchev–Trinajstić information content (AvgIpc) is 2.70. The van der Waals surface area contributed by atoms with Gasteiger partial charge in [0.25, 0.3) is 5.78 Å². The zero-order valence-electron chi connectivity index (χ0n) is 18.8. The maximum atomic E-state index is 12.8. The normalized spacial score (nSPS) is 12.9. The third-order valence-corrected chi connectivity index (χ3v) is 5.47. The fraction of sp³-hybridized carbons (Fsp3) is 0.708. The minimum absolute atomic E-state index is 0.000374. The van der Waals surface area contributed by atoms with Crippen LogP contribution in [0.2, 0.25) is 0 Å². The first-order valence-corrected chi connectivity index (χ1v) is 11.3. The Labute approximate surface area is 180 Å². The number of carbonyl (C=O) groups is 1. The van der Waals surface area contributed by atoms with Gasteiger partial charge in [-0.1, -0.05) is 76.8 Å². The minimum Gasteiger partial charge on any atom is -0.493 e. The van der Waals surface area contributed by atoms with E-state index < -0.39 is 17.5 Å². The Morgan fingerprint density at radius 1 is 0.933 bits per heavy atom. The number of carbonyl (C=O) groups excluding carboxylic acids is 1. The molecule has 0 heterocycles. The minimum atomic E-state index is -4.90. The molecule has 1 aromatic carbocycles. The average molecular weight is 430 g/mol. The summed E-state index contributed by atoms with van der Waals surface area (Å²) in [4.78, 5) is 13.7. The number of Topliss-reactive ketones (excluding diaryl/α,β-unsaturated/α-hetero) is 1. The molecule has 0 aliphatic heterocycles. The lowest BCUT2D eigenvalue weighted by atomic mass is 10.0. The molecular formula is C24H38F3NO2. The largest absolute Gasteiger partial charge is 0.493 e. The summed E-state index contributed by atoms with van der Waals surface area (Å²) in [6, 6.07) is 5.88. The van der Waals surface area contributed by atoms with Crippen molar-refractivity contribution < 1.29 is 22.7 Å². The molecule has 0 spiro atoms. The van der Waals surface area contributed by atoms with Gasteiger partial charge in [0.15, 0.2) is 0 Å². The van der Waals surface area contributed by atoms with Crippen molar-refractivity contribution in [1.29, 1.82) is 0 Å². The van der Waals surface area contributed by atoms with Gasteiger partial charge in [0, 0.05) is 6.04 Å². The van der Waals surface area contributed by atoms with Crippen LogP contribution in [-0.2, 0) is 0 Å². The number of para-hydroxylation sites is 1. The molecule has 1 rings (SSSR count). The molecular weight excluding hydrogens is 391 g/mol. The molecule has 0 aliphatic carbocycles. The third kappa shape index (κ3) is 10.5. The molecule has 0 aliphatic rings. The van der Waals surface area contributed by atoms with Crippen LogP contribution in [0.3, 0.4) is 0 Å². The van der Waals surface area contributed by atoms with Crippen LogP contribution in [0.25, 0.3) is 0 Å². The van der Waals surface area contributed by atoms with Crippen LogP contribution in [0.15, 0.2) is 24.3 Å². The smallest absolute Gasteiger partial charge is 0.455 e. The van der Waals surface area contributed by atoms with E-state index in [1.165, 1.54) is 63.5 Å². The summed E-state index contributed by atoms with van der Waals surface area (Å²) < 4.78 is 43.9. The first kappa shape index (κ1) is 26.5. The van der Waals surface area contributed by atoms with E-state index in [0.29, 0.717) is 12.5 Å². The van der Waals surface area contributed by atoms with Gasteiger partial charge < -0.3 is 9.64 Å². The zero-order chi connectivity index (χ0) is 22.4. The van der Waals surface area contributed by atoms with Gasteiger partial charge in [0.05, 0.1) is 12.2 Å². The molecule has 0 amide bonds. The van der Waals surface area contributed by atoms with Gasteiger partial charge in [-0.15, -0.1) is 0 Å². The van der Waals surface area contributed by atoms with Crippen molar-refractivity contribution in [3.63, 3.8) is 0 Å². The predicted molar refractivity (Wildman–Crippen MR) is 116 cm³/mol. The molecule has 0 radical (unpaired) electrons. The maximum absolute atomic E-state index is 12.8. The van der Waals surface area contributed by atoms with Crippen LogP contribution in [0.5, 0.6) is 5.75 Å². The summed E-state index contributed by atoms with van der Waals surface area (Å²) in [5, 5.41) is 0. The summed E-state index contributed by atoms with van der Waals surface area (Å²) in [7, 11) is 4.03. The number of halogens is 3. The van der Waals surface area contributed by atoms with E-state index >= 15 is 0 Å². The molecule has 0 fully saturated rings. The fourth-order valence-electron chi connectivity index (χ4n) is 3.59. The highest BCUT2D eigenvalue weighted by Gasteiger charge is 2.40. The molecule has 1 aromatic rings. The second kappa shape index (κ2) is 14.4. The molecule has 1 unspecified atom stereocenters. The van der Waals surface area contributed by atoms with Crippen LogP contribution >= 0.6 is 0 Å².